The van der Waals surface area contributed by atoms with Crippen molar-refractivity contribution in [2.24, 2.45) is 35.5 Å². The number of likely N-dealkylation sites (tertiary alicyclic amines) is 1. The molecular weight excluding hydrogens is 559 g/mol. The van der Waals surface area contributed by atoms with Crippen molar-refractivity contribution in [3.05, 3.63) is 24.3 Å². The van der Waals surface area contributed by atoms with E-state index in [0.717, 1.165) is 38.3 Å². The number of hydrogen-bond donors (Lipinski definition) is 2. The van der Waals surface area contributed by atoms with Gasteiger partial charge in [-0.2, -0.15) is 4.37 Å². The first-order valence-corrected chi connectivity index (χ1v) is 16.7. The fourth-order valence-electron chi connectivity index (χ4n) is 6.89. The Balaban J connectivity index is 1.01. The van der Waals surface area contributed by atoms with E-state index in [1.165, 1.54) is 49.7 Å². The number of aromatic nitrogens is 1. The number of halogens is 1. The Bertz CT molecular complexity index is 1030. The molecule has 6 nitrogen and oxygen atoms in total. The smallest absolute Gasteiger partial charge is 0.367 e. The van der Waals surface area contributed by atoms with E-state index < -0.39 is 0 Å². The van der Waals surface area contributed by atoms with Gasteiger partial charge in [0.1, 0.15) is 5.82 Å². The van der Waals surface area contributed by atoms with Gasteiger partial charge in [-0.25, -0.2) is 0 Å². The Morgan fingerprint density at radius 2 is 1.74 bits per heavy atom. The first kappa shape index (κ1) is 23.2. The number of fused-ring (bicyclic) bond motifs is 6. The summed E-state index contributed by atoms with van der Waals surface area (Å²) < 4.78 is 8.27. The predicted octanol–water partition coefficient (Wildman–Crippen LogP) is 0.444. The van der Waals surface area contributed by atoms with Gasteiger partial charge in [-0.1, -0.05) is 12.1 Å². The fraction of sp³-hybridized carbons (Fsp3) is 0.654. The Morgan fingerprint density at radius 1 is 1.00 bits per heavy atom. The molecular formula is C26H34IN4O2S-. The van der Waals surface area contributed by atoms with E-state index in [1.807, 2.05) is 0 Å². The van der Waals surface area contributed by atoms with Gasteiger partial charge >= 0.3 is 155 Å². The molecule has 1 aromatic heterocycles. The van der Waals surface area contributed by atoms with E-state index >= 15 is 0 Å². The molecule has 8 heteroatoms. The van der Waals surface area contributed by atoms with E-state index in [-0.39, 0.29) is 44.9 Å². The monoisotopic (exact) mass is 593 g/mol. The van der Waals surface area contributed by atoms with Gasteiger partial charge in [-0.15, -0.1) is 0 Å². The van der Waals surface area contributed by atoms with Crippen LogP contribution in [0.15, 0.2) is 24.3 Å². The molecule has 184 valence electrons. The van der Waals surface area contributed by atoms with E-state index in [4.69, 9.17) is 0 Å². The molecule has 1 unspecified atom stereocenters. The van der Waals surface area contributed by atoms with Crippen LogP contribution in [0, 0.1) is 35.5 Å². The predicted molar refractivity (Wildman–Crippen MR) is 131 cm³/mol. The number of nitrogens with one attached hydrogen (secondary N) is 2. The number of nitrogens with zero attached hydrogens (tertiary/aromatic N) is 2. The maximum atomic E-state index is 13.3. The van der Waals surface area contributed by atoms with E-state index in [2.05, 4.69) is 39.3 Å². The van der Waals surface area contributed by atoms with Gasteiger partial charge in [-0.05, 0) is 23.7 Å². The van der Waals surface area contributed by atoms with Gasteiger partial charge in [0, 0.05) is 5.39 Å². The molecule has 4 fully saturated rings. The van der Waals surface area contributed by atoms with Crippen LogP contribution in [0.4, 0.5) is 5.82 Å². The van der Waals surface area contributed by atoms with Crippen LogP contribution in [0.2, 0.25) is 0 Å². The summed E-state index contributed by atoms with van der Waals surface area (Å²) in [6.07, 6.45) is 5.95. The molecule has 0 radical (unpaired) electrons. The molecule has 4 aliphatic rings. The maximum absolute atomic E-state index is 13.3. The molecule has 1 aromatic carbocycles. The number of rotatable bonds is 8. The number of carbonyl (C=O) groups is 2. The van der Waals surface area contributed by atoms with E-state index in [1.54, 1.807) is 4.90 Å². The molecule has 2 aliphatic carbocycles. The number of amides is 2. The van der Waals surface area contributed by atoms with E-state index in [9.17, 15) is 9.59 Å². The summed E-state index contributed by atoms with van der Waals surface area (Å²) in [6, 6.07) is 8.33. The number of carbonyl (C=O) groups excluding carboxylic acids is 2. The van der Waals surface area contributed by atoms with Crippen molar-refractivity contribution in [1.82, 2.24) is 14.6 Å². The molecule has 2 saturated carbocycles. The molecule has 3 heterocycles. The molecule has 2 saturated heterocycles. The SMILES string of the molecule is O=C1[C@@H]2[C@H]3C[I-]C[C@H](C3)[C@@H]2C(=O)N1C[C@@H]1CCCCC1CNCCNc1nsc2ccccc12. The minimum absolute atomic E-state index is 0.0349. The second-order valence-corrected chi connectivity index (χ2v) is 14.2. The zero-order valence-electron chi connectivity index (χ0n) is 19.5. The van der Waals surface area contributed by atoms with Crippen LogP contribution in [0.3, 0.4) is 0 Å². The second kappa shape index (κ2) is 10.0. The van der Waals surface area contributed by atoms with Crippen molar-refractivity contribution in [1.29, 1.82) is 0 Å². The molecule has 2 amide bonds. The summed E-state index contributed by atoms with van der Waals surface area (Å²) in [5.74, 6) is 3.43. The van der Waals surface area contributed by atoms with Crippen LogP contribution in [-0.4, -0.2) is 56.1 Å². The summed E-state index contributed by atoms with van der Waals surface area (Å²) >= 11 is 1.76. The molecule has 6 rings (SSSR count). The number of imide groups is 1. The Morgan fingerprint density at radius 3 is 2.53 bits per heavy atom. The topological polar surface area (TPSA) is 74.3 Å². The molecule has 2 aliphatic heterocycles. The molecule has 0 spiro atoms. The van der Waals surface area contributed by atoms with Gasteiger partial charge in [0.05, 0.1) is 4.70 Å². The van der Waals surface area contributed by atoms with Gasteiger partial charge in [0.15, 0.2) is 0 Å². The summed E-state index contributed by atoms with van der Waals surface area (Å²) in [7, 11) is 0. The van der Waals surface area contributed by atoms with Crippen molar-refractivity contribution >= 4 is 39.3 Å². The first-order valence-electron chi connectivity index (χ1n) is 12.9. The first-order chi connectivity index (χ1) is 16.7. The molecule has 2 bridgehead atoms. The third-order valence-corrected chi connectivity index (χ3v) is 12.9. The van der Waals surface area contributed by atoms with Crippen LogP contribution < -0.4 is 31.8 Å². The summed E-state index contributed by atoms with van der Waals surface area (Å²) in [5, 5.41) is 8.30. The number of anilines is 1. The second-order valence-electron chi connectivity index (χ2n) is 10.6. The van der Waals surface area contributed by atoms with Crippen molar-refractivity contribution in [2.75, 3.05) is 40.4 Å². The minimum atomic E-state index is 0.0349. The normalized spacial score (nSPS) is 33.2. The fourth-order valence-corrected chi connectivity index (χ4v) is 11.4. The standard InChI is InChI=1S/C26H34IN4O2S/c32-25-22-18-11-19(13-27-12-18)23(22)26(33)31(25)15-17-6-2-1-5-16(17)14-28-9-10-29-24-20-7-3-4-8-21(20)34-30-24/h3-4,7-8,16-19,22-23,28H,1-2,5-6,9-15H2,(H,29,30)/q-1/t16?,17-,18-,19+,22-,23+/m0/s1. The Hall–Kier alpha value is -1.26. The van der Waals surface area contributed by atoms with Crippen LogP contribution in [0.25, 0.3) is 10.1 Å². The van der Waals surface area contributed by atoms with Crippen molar-refractivity contribution in [3.8, 4) is 0 Å². The Labute approximate surface area is 216 Å². The molecule has 2 aromatic rings. The molecule has 6 atom stereocenters. The van der Waals surface area contributed by atoms with Crippen LogP contribution in [0.5, 0.6) is 0 Å². The summed E-state index contributed by atoms with van der Waals surface area (Å²) in [5.41, 5.74) is 0. The van der Waals surface area contributed by atoms with Crippen molar-refractivity contribution < 1.29 is 30.8 Å². The minimum Gasteiger partial charge on any atom is -0.367 e. The zero-order valence-corrected chi connectivity index (χ0v) is 22.5. The summed E-state index contributed by atoms with van der Waals surface area (Å²) in [4.78, 5) is 28.3. The van der Waals surface area contributed by atoms with Gasteiger partial charge in [0.25, 0.3) is 0 Å². The molecule has 2 N–H and O–H groups in total. The number of alkyl halides is 2. The van der Waals surface area contributed by atoms with Crippen LogP contribution >= 0.6 is 11.5 Å². The summed E-state index contributed by atoms with van der Waals surface area (Å²) in [6.45, 7) is 3.34. The van der Waals surface area contributed by atoms with E-state index in [0.29, 0.717) is 30.2 Å². The number of hydrogen-bond acceptors (Lipinski definition) is 6. The van der Waals surface area contributed by atoms with Gasteiger partial charge in [0.2, 0.25) is 0 Å². The average molecular weight is 594 g/mol. The van der Waals surface area contributed by atoms with Crippen LogP contribution in [-0.2, 0) is 9.59 Å². The quantitative estimate of drug-likeness (QED) is 0.201. The Kier molecular flexibility index (Phi) is 6.82. The third kappa shape index (κ3) is 4.28. The van der Waals surface area contributed by atoms with Crippen LogP contribution in [0.1, 0.15) is 32.1 Å². The van der Waals surface area contributed by atoms with Crippen molar-refractivity contribution in [2.45, 2.75) is 32.1 Å². The third-order valence-electron chi connectivity index (χ3n) is 8.59. The molecule has 34 heavy (non-hydrogen) atoms. The number of benzene rings is 1. The van der Waals surface area contributed by atoms with Crippen molar-refractivity contribution in [3.63, 3.8) is 0 Å². The average Bonchev–Trinajstić information content (AvgIpc) is 3.47. The van der Waals surface area contributed by atoms with Gasteiger partial charge < -0.3 is 5.32 Å². The van der Waals surface area contributed by atoms with Gasteiger partial charge in [-0.3, -0.25) is 0 Å². The zero-order chi connectivity index (χ0) is 23.1.